The Morgan fingerprint density at radius 3 is 2.56 bits per heavy atom. The lowest BCUT2D eigenvalue weighted by Crippen LogP contribution is -2.47. The van der Waals surface area contributed by atoms with E-state index in [1.54, 1.807) is 16.7 Å². The van der Waals surface area contributed by atoms with Crippen molar-refractivity contribution < 1.29 is 9.59 Å². The molecule has 2 amide bonds. The third kappa shape index (κ3) is 3.88. The molecule has 1 atom stereocenters. The molecule has 0 spiro atoms. The fourth-order valence-electron chi connectivity index (χ4n) is 3.68. The quantitative estimate of drug-likeness (QED) is 0.807. The van der Waals surface area contributed by atoms with Crippen LogP contribution in [-0.2, 0) is 22.6 Å². The standard InChI is InChI=1S/C22H24N2O2S/c1-27-18-10-6-15(7-11-18)14-23-21(25)20-19-5-3-2-4-16(19)12-13-24(20)22(26)17-8-9-17/h2-7,10-11,17,20H,8-9,12-14H2,1H3,(H,23,25). The fraction of sp³-hybridized carbons (Fsp3) is 0.364. The summed E-state index contributed by atoms with van der Waals surface area (Å²) in [7, 11) is 0. The highest BCUT2D eigenvalue weighted by molar-refractivity contribution is 7.98. The number of nitrogens with zero attached hydrogens (tertiary/aromatic N) is 1. The zero-order valence-corrected chi connectivity index (χ0v) is 16.3. The molecule has 1 aliphatic carbocycles. The van der Waals surface area contributed by atoms with Gasteiger partial charge in [0.15, 0.2) is 0 Å². The topological polar surface area (TPSA) is 49.4 Å². The summed E-state index contributed by atoms with van der Waals surface area (Å²) in [5, 5.41) is 3.05. The van der Waals surface area contributed by atoms with E-state index >= 15 is 0 Å². The molecular weight excluding hydrogens is 356 g/mol. The van der Waals surface area contributed by atoms with Crippen molar-refractivity contribution >= 4 is 23.6 Å². The zero-order valence-electron chi connectivity index (χ0n) is 15.5. The molecule has 5 heteroatoms. The number of benzene rings is 2. The van der Waals surface area contributed by atoms with Gasteiger partial charge in [-0.25, -0.2) is 0 Å². The van der Waals surface area contributed by atoms with Crippen molar-refractivity contribution in [2.45, 2.75) is 36.7 Å². The van der Waals surface area contributed by atoms with E-state index in [1.165, 1.54) is 10.5 Å². The van der Waals surface area contributed by atoms with Gasteiger partial charge in [-0.2, -0.15) is 0 Å². The van der Waals surface area contributed by atoms with Crippen LogP contribution in [0.25, 0.3) is 0 Å². The van der Waals surface area contributed by atoms with Gasteiger partial charge < -0.3 is 10.2 Å². The van der Waals surface area contributed by atoms with E-state index in [9.17, 15) is 9.59 Å². The number of amides is 2. The molecule has 1 heterocycles. The molecule has 1 aliphatic heterocycles. The molecule has 0 aromatic heterocycles. The number of carbonyl (C=O) groups excluding carboxylic acids is 2. The number of rotatable bonds is 5. The molecule has 1 fully saturated rings. The summed E-state index contributed by atoms with van der Waals surface area (Å²) in [6.07, 6.45) is 4.76. The molecule has 2 aromatic rings. The first kappa shape index (κ1) is 18.1. The molecule has 0 bridgehead atoms. The van der Waals surface area contributed by atoms with Gasteiger partial charge in [-0.1, -0.05) is 36.4 Å². The summed E-state index contributed by atoms with van der Waals surface area (Å²) in [5.41, 5.74) is 3.19. The monoisotopic (exact) mass is 380 g/mol. The molecule has 4 nitrogen and oxygen atoms in total. The minimum Gasteiger partial charge on any atom is -0.350 e. The summed E-state index contributed by atoms with van der Waals surface area (Å²) >= 11 is 1.70. The molecule has 27 heavy (non-hydrogen) atoms. The normalized spacial score (nSPS) is 18.7. The molecule has 1 saturated carbocycles. The molecular formula is C22H24N2O2S. The van der Waals surface area contributed by atoms with E-state index in [4.69, 9.17) is 0 Å². The lowest BCUT2D eigenvalue weighted by Gasteiger charge is -2.36. The van der Waals surface area contributed by atoms with Crippen LogP contribution in [-0.4, -0.2) is 29.5 Å². The number of fused-ring (bicyclic) bond motifs is 1. The summed E-state index contributed by atoms with van der Waals surface area (Å²) in [6.45, 7) is 1.09. The Morgan fingerprint density at radius 2 is 1.85 bits per heavy atom. The molecule has 4 rings (SSSR count). The Hall–Kier alpha value is -2.27. The smallest absolute Gasteiger partial charge is 0.247 e. The van der Waals surface area contributed by atoms with Gasteiger partial charge in [0.05, 0.1) is 0 Å². The van der Waals surface area contributed by atoms with E-state index in [0.717, 1.165) is 30.4 Å². The van der Waals surface area contributed by atoms with Crippen LogP contribution in [0.5, 0.6) is 0 Å². The number of carbonyl (C=O) groups is 2. The average molecular weight is 381 g/mol. The van der Waals surface area contributed by atoms with Gasteiger partial charge in [0.2, 0.25) is 11.8 Å². The Bertz CT molecular complexity index is 846. The lowest BCUT2D eigenvalue weighted by molar-refractivity contribution is -0.142. The van der Waals surface area contributed by atoms with Crippen LogP contribution in [0.3, 0.4) is 0 Å². The van der Waals surface area contributed by atoms with Crippen molar-refractivity contribution in [2.24, 2.45) is 5.92 Å². The van der Waals surface area contributed by atoms with Gasteiger partial charge in [0.1, 0.15) is 6.04 Å². The van der Waals surface area contributed by atoms with E-state index in [0.29, 0.717) is 13.1 Å². The lowest BCUT2D eigenvalue weighted by atomic mass is 9.91. The highest BCUT2D eigenvalue weighted by Gasteiger charge is 2.41. The van der Waals surface area contributed by atoms with Crippen molar-refractivity contribution in [3.63, 3.8) is 0 Å². The van der Waals surface area contributed by atoms with Crippen molar-refractivity contribution in [1.82, 2.24) is 10.2 Å². The summed E-state index contributed by atoms with van der Waals surface area (Å²) in [5.74, 6) is 0.156. The van der Waals surface area contributed by atoms with Crippen molar-refractivity contribution in [2.75, 3.05) is 12.8 Å². The van der Waals surface area contributed by atoms with E-state index in [-0.39, 0.29) is 17.7 Å². The molecule has 1 unspecified atom stereocenters. The van der Waals surface area contributed by atoms with Crippen LogP contribution in [0.2, 0.25) is 0 Å². The number of hydrogen-bond acceptors (Lipinski definition) is 3. The first-order chi connectivity index (χ1) is 13.2. The van der Waals surface area contributed by atoms with Gasteiger partial charge >= 0.3 is 0 Å². The second kappa shape index (κ2) is 7.77. The molecule has 2 aliphatic rings. The second-order valence-corrected chi connectivity index (χ2v) is 8.10. The third-order valence-electron chi connectivity index (χ3n) is 5.37. The second-order valence-electron chi connectivity index (χ2n) is 7.22. The van der Waals surface area contributed by atoms with E-state index in [2.05, 4.69) is 23.5 Å². The van der Waals surface area contributed by atoms with Crippen molar-refractivity contribution in [1.29, 1.82) is 0 Å². The van der Waals surface area contributed by atoms with Gasteiger partial charge in [0.25, 0.3) is 0 Å². The highest BCUT2D eigenvalue weighted by atomic mass is 32.2. The molecule has 0 radical (unpaired) electrons. The van der Waals surface area contributed by atoms with Crippen molar-refractivity contribution in [3.8, 4) is 0 Å². The highest BCUT2D eigenvalue weighted by Crippen LogP contribution is 2.37. The zero-order chi connectivity index (χ0) is 18.8. The van der Waals surface area contributed by atoms with Gasteiger partial charge in [0, 0.05) is 23.9 Å². The Kier molecular flexibility index (Phi) is 5.21. The maximum Gasteiger partial charge on any atom is 0.247 e. The van der Waals surface area contributed by atoms with E-state index < -0.39 is 6.04 Å². The average Bonchev–Trinajstić information content (AvgIpc) is 3.56. The number of hydrogen-bond donors (Lipinski definition) is 1. The van der Waals surface area contributed by atoms with Gasteiger partial charge in [-0.3, -0.25) is 9.59 Å². The van der Waals surface area contributed by atoms with Crippen LogP contribution in [0, 0.1) is 5.92 Å². The predicted molar refractivity (Wildman–Crippen MR) is 107 cm³/mol. The van der Waals surface area contributed by atoms with Crippen LogP contribution in [0.15, 0.2) is 53.4 Å². The van der Waals surface area contributed by atoms with Crippen LogP contribution < -0.4 is 5.32 Å². The minimum absolute atomic E-state index is 0.0925. The Balaban J connectivity index is 1.53. The van der Waals surface area contributed by atoms with E-state index in [1.807, 2.05) is 36.6 Å². The third-order valence-corrected chi connectivity index (χ3v) is 6.11. The Morgan fingerprint density at radius 1 is 1.11 bits per heavy atom. The van der Waals surface area contributed by atoms with Crippen LogP contribution >= 0.6 is 11.8 Å². The van der Waals surface area contributed by atoms with Crippen LogP contribution in [0.1, 0.15) is 35.6 Å². The maximum atomic E-state index is 13.1. The van der Waals surface area contributed by atoms with Gasteiger partial charge in [-0.15, -0.1) is 11.8 Å². The van der Waals surface area contributed by atoms with Gasteiger partial charge in [-0.05, 0) is 54.3 Å². The Labute approximate surface area is 164 Å². The van der Waals surface area contributed by atoms with Crippen molar-refractivity contribution in [3.05, 3.63) is 65.2 Å². The first-order valence-electron chi connectivity index (χ1n) is 9.46. The summed E-state index contributed by atoms with van der Waals surface area (Å²) in [4.78, 5) is 28.9. The molecule has 1 N–H and O–H groups in total. The first-order valence-corrected chi connectivity index (χ1v) is 10.7. The predicted octanol–water partition coefficient (Wildman–Crippen LogP) is 3.56. The largest absolute Gasteiger partial charge is 0.350 e. The number of nitrogens with one attached hydrogen (secondary N) is 1. The van der Waals surface area contributed by atoms with Crippen LogP contribution in [0.4, 0.5) is 0 Å². The summed E-state index contributed by atoms with van der Waals surface area (Å²) in [6, 6.07) is 15.7. The SMILES string of the molecule is CSc1ccc(CNC(=O)C2c3ccccc3CCN2C(=O)C2CC2)cc1. The maximum absolute atomic E-state index is 13.1. The summed E-state index contributed by atoms with van der Waals surface area (Å²) < 4.78 is 0. The molecule has 2 aromatic carbocycles. The fourth-order valence-corrected chi connectivity index (χ4v) is 4.09. The minimum atomic E-state index is -0.520. The molecule has 140 valence electrons. The number of thioether (sulfide) groups is 1. The molecule has 0 saturated heterocycles.